The summed E-state index contributed by atoms with van der Waals surface area (Å²) in [6, 6.07) is 7.12. The molecule has 172 valence electrons. The zero-order valence-electron chi connectivity index (χ0n) is 20.1. The first-order valence-corrected chi connectivity index (χ1v) is 11.1. The average Bonchev–Trinajstić information content (AvgIpc) is 3.20. The van der Waals surface area contributed by atoms with Crippen LogP contribution in [0.1, 0.15) is 90.8 Å². The second kappa shape index (κ2) is 8.57. The lowest BCUT2D eigenvalue weighted by molar-refractivity contribution is -0.143. The van der Waals surface area contributed by atoms with Crippen molar-refractivity contribution < 1.29 is 23.5 Å². The highest BCUT2D eigenvalue weighted by atomic mass is 16.5. The number of ether oxygens (including phenoxy) is 1. The van der Waals surface area contributed by atoms with Gasteiger partial charge in [-0.1, -0.05) is 33.8 Å². The molecule has 1 aliphatic rings. The number of fused-ring (bicyclic) bond motifs is 1. The molecule has 0 N–H and O–H groups in total. The lowest BCUT2D eigenvalue weighted by Crippen LogP contribution is -2.34. The minimum atomic E-state index is -0.499. The van der Waals surface area contributed by atoms with Crippen LogP contribution in [0, 0.1) is 6.92 Å². The number of hydrogen-bond acceptors (Lipinski definition) is 5. The number of hydrogen-bond donors (Lipinski definition) is 0. The first kappa shape index (κ1) is 23.8. The summed E-state index contributed by atoms with van der Waals surface area (Å²) in [6.07, 6.45) is 2.15. The third kappa shape index (κ3) is 4.50. The minimum absolute atomic E-state index is 0.0113. The van der Waals surface area contributed by atoms with Gasteiger partial charge in [0, 0.05) is 12.6 Å². The molecular formula is C26H33NO5. The van der Waals surface area contributed by atoms with Crippen molar-refractivity contribution in [3.05, 3.63) is 58.0 Å². The summed E-state index contributed by atoms with van der Waals surface area (Å²) >= 11 is 0. The Kier molecular flexibility index (Phi) is 6.36. The molecule has 1 aromatic heterocycles. The molecule has 6 heteroatoms. The molecule has 0 atom stereocenters. The second-order valence-electron chi connectivity index (χ2n) is 9.94. The van der Waals surface area contributed by atoms with E-state index in [2.05, 4.69) is 33.8 Å². The van der Waals surface area contributed by atoms with E-state index in [-0.39, 0.29) is 41.3 Å². The summed E-state index contributed by atoms with van der Waals surface area (Å²) in [6.45, 7) is 12.6. The summed E-state index contributed by atoms with van der Waals surface area (Å²) < 4.78 is 10.5. The van der Waals surface area contributed by atoms with E-state index in [1.165, 1.54) is 35.2 Å². The van der Waals surface area contributed by atoms with Crippen molar-refractivity contribution in [2.45, 2.75) is 65.2 Å². The lowest BCUT2D eigenvalue weighted by atomic mass is 9.62. The van der Waals surface area contributed by atoms with Crippen LogP contribution >= 0.6 is 0 Å². The van der Waals surface area contributed by atoms with Gasteiger partial charge in [0.15, 0.2) is 11.5 Å². The van der Waals surface area contributed by atoms with Crippen molar-refractivity contribution >= 4 is 17.7 Å². The van der Waals surface area contributed by atoms with E-state index in [4.69, 9.17) is 9.15 Å². The van der Waals surface area contributed by atoms with Gasteiger partial charge < -0.3 is 14.1 Å². The van der Waals surface area contributed by atoms with Gasteiger partial charge in [-0.2, -0.15) is 0 Å². The van der Waals surface area contributed by atoms with Crippen LogP contribution in [0.4, 0.5) is 0 Å². The van der Waals surface area contributed by atoms with Crippen LogP contribution < -0.4 is 0 Å². The number of esters is 1. The summed E-state index contributed by atoms with van der Waals surface area (Å²) in [5.74, 6) is -1.12. The van der Waals surface area contributed by atoms with Crippen LogP contribution in [0.15, 0.2) is 28.7 Å². The molecule has 32 heavy (non-hydrogen) atoms. The molecule has 2 aromatic rings. The van der Waals surface area contributed by atoms with Crippen molar-refractivity contribution in [2.24, 2.45) is 0 Å². The molecule has 0 unspecified atom stereocenters. The number of ketones is 1. The fourth-order valence-electron chi connectivity index (χ4n) is 4.33. The summed E-state index contributed by atoms with van der Waals surface area (Å²) in [7, 11) is 1.49. The number of carbonyl (C=O) groups excluding carboxylic acids is 3. The largest absolute Gasteiger partial charge is 0.465 e. The molecule has 1 aromatic carbocycles. The molecule has 0 bridgehead atoms. The quantitative estimate of drug-likeness (QED) is 0.477. The van der Waals surface area contributed by atoms with Gasteiger partial charge in [0.25, 0.3) is 5.91 Å². The van der Waals surface area contributed by atoms with Crippen molar-refractivity contribution in [2.75, 3.05) is 20.2 Å². The van der Waals surface area contributed by atoms with Gasteiger partial charge in [-0.25, -0.2) is 0 Å². The highest BCUT2D eigenvalue weighted by molar-refractivity contribution is 6.09. The Hall–Kier alpha value is -2.89. The van der Waals surface area contributed by atoms with E-state index in [0.717, 1.165) is 18.4 Å². The molecule has 6 nitrogen and oxygen atoms in total. The molecule has 0 aliphatic heterocycles. The van der Waals surface area contributed by atoms with Gasteiger partial charge in [-0.3, -0.25) is 14.4 Å². The monoisotopic (exact) mass is 439 g/mol. The molecule has 0 radical (unpaired) electrons. The number of furan rings is 1. The third-order valence-corrected chi connectivity index (χ3v) is 6.50. The lowest BCUT2D eigenvalue weighted by Gasteiger charge is -2.42. The number of amides is 1. The molecular weight excluding hydrogens is 406 g/mol. The maximum atomic E-state index is 13.3. The van der Waals surface area contributed by atoms with E-state index in [9.17, 15) is 14.4 Å². The van der Waals surface area contributed by atoms with Gasteiger partial charge in [0.05, 0.1) is 6.61 Å². The number of benzene rings is 1. The number of aryl methyl sites for hydroxylation is 1. The van der Waals surface area contributed by atoms with E-state index >= 15 is 0 Å². The van der Waals surface area contributed by atoms with Crippen molar-refractivity contribution in [3.63, 3.8) is 0 Å². The predicted octanol–water partition coefficient (Wildman–Crippen LogP) is 4.80. The Morgan fingerprint density at radius 1 is 1.00 bits per heavy atom. The van der Waals surface area contributed by atoms with Crippen molar-refractivity contribution in [1.29, 1.82) is 0 Å². The Balaban J connectivity index is 1.89. The van der Waals surface area contributed by atoms with Gasteiger partial charge >= 0.3 is 5.97 Å². The van der Waals surface area contributed by atoms with E-state index in [0.29, 0.717) is 5.56 Å². The summed E-state index contributed by atoms with van der Waals surface area (Å²) in [5, 5.41) is 0. The van der Waals surface area contributed by atoms with Crippen LogP contribution in [0.5, 0.6) is 0 Å². The van der Waals surface area contributed by atoms with E-state index in [1.54, 1.807) is 6.92 Å². The Bertz CT molecular complexity index is 1060. The first-order valence-electron chi connectivity index (χ1n) is 11.1. The van der Waals surface area contributed by atoms with E-state index in [1.807, 2.05) is 13.0 Å². The molecule has 1 heterocycles. The van der Waals surface area contributed by atoms with Crippen LogP contribution in [0.25, 0.3) is 0 Å². The topological polar surface area (TPSA) is 76.8 Å². The Morgan fingerprint density at radius 2 is 1.56 bits per heavy atom. The molecule has 0 saturated heterocycles. The normalized spacial score (nSPS) is 16.2. The predicted molar refractivity (Wildman–Crippen MR) is 122 cm³/mol. The van der Waals surface area contributed by atoms with Gasteiger partial charge in [0.2, 0.25) is 5.78 Å². The molecule has 3 rings (SSSR count). The summed E-state index contributed by atoms with van der Waals surface area (Å²) in [4.78, 5) is 38.7. The maximum Gasteiger partial charge on any atom is 0.325 e. The second-order valence-corrected chi connectivity index (χ2v) is 9.94. The number of likely N-dealkylation sites (N-methyl/N-ethyl adjacent to an activating group) is 1. The number of rotatable bonds is 6. The van der Waals surface area contributed by atoms with Crippen LogP contribution in [-0.2, 0) is 20.4 Å². The average molecular weight is 440 g/mol. The third-order valence-electron chi connectivity index (χ3n) is 6.50. The first-order chi connectivity index (χ1) is 14.9. The Labute approximate surface area is 189 Å². The molecule has 0 fully saturated rings. The van der Waals surface area contributed by atoms with Crippen LogP contribution in [0.3, 0.4) is 0 Å². The van der Waals surface area contributed by atoms with Crippen molar-refractivity contribution in [3.8, 4) is 0 Å². The maximum absolute atomic E-state index is 13.3. The van der Waals surface area contributed by atoms with Gasteiger partial charge in [0.1, 0.15) is 6.54 Å². The highest BCUT2D eigenvalue weighted by Gasteiger charge is 2.38. The van der Waals surface area contributed by atoms with Crippen molar-refractivity contribution in [1.82, 2.24) is 4.90 Å². The smallest absolute Gasteiger partial charge is 0.325 e. The zero-order valence-corrected chi connectivity index (χ0v) is 20.1. The highest BCUT2D eigenvalue weighted by Crippen LogP contribution is 2.46. The van der Waals surface area contributed by atoms with Crippen LogP contribution in [-0.4, -0.2) is 42.8 Å². The standard InChI is InChI=1S/C26H33NO5/c1-8-31-22(28)15-27(7)24(30)21-10-9-20(32-21)23(29)17-14-19-18(13-16(17)2)25(3,4)11-12-26(19,5)6/h9-10,13-14H,8,11-12,15H2,1-7H3. The molecule has 0 spiro atoms. The van der Waals surface area contributed by atoms with E-state index < -0.39 is 11.9 Å². The SMILES string of the molecule is CCOC(=O)CN(C)C(=O)c1ccc(C(=O)c2cc3c(cc2C)C(C)(C)CCC3(C)C)o1. The van der Waals surface area contributed by atoms with Gasteiger partial charge in [-0.05, 0) is 72.4 Å². The number of carbonyl (C=O) groups is 3. The van der Waals surface area contributed by atoms with Crippen LogP contribution in [0.2, 0.25) is 0 Å². The number of nitrogens with zero attached hydrogens (tertiary/aromatic N) is 1. The Morgan fingerprint density at radius 3 is 2.16 bits per heavy atom. The fraction of sp³-hybridized carbons (Fsp3) is 0.500. The fourth-order valence-corrected chi connectivity index (χ4v) is 4.33. The van der Waals surface area contributed by atoms with Gasteiger partial charge in [-0.15, -0.1) is 0 Å². The molecule has 1 aliphatic carbocycles. The summed E-state index contributed by atoms with van der Waals surface area (Å²) in [5.41, 5.74) is 4.00. The minimum Gasteiger partial charge on any atom is -0.465 e. The molecule has 0 saturated carbocycles. The zero-order chi connectivity index (χ0) is 23.8. The molecule has 1 amide bonds.